The second-order valence-corrected chi connectivity index (χ2v) is 18.0. The molecular formula is C54H57N7O11. The van der Waals surface area contributed by atoms with Crippen LogP contribution >= 0.6 is 0 Å². The maximum atomic E-state index is 13.6. The Hall–Kier alpha value is -8.02. The summed E-state index contributed by atoms with van der Waals surface area (Å²) in [5, 5.41) is 4.20. The maximum absolute atomic E-state index is 13.6. The molecule has 18 nitrogen and oxygen atoms in total. The molecule has 0 unspecified atom stereocenters. The Kier molecular flexibility index (Phi) is 15.2. The third kappa shape index (κ3) is 11.3. The monoisotopic (exact) mass is 979 g/mol. The van der Waals surface area contributed by atoms with Crippen LogP contribution in [-0.2, 0) is 27.6 Å². The van der Waals surface area contributed by atoms with E-state index in [0.29, 0.717) is 82.2 Å². The summed E-state index contributed by atoms with van der Waals surface area (Å²) >= 11 is 0. The van der Waals surface area contributed by atoms with Gasteiger partial charge in [-0.25, -0.2) is 5.43 Å². The van der Waals surface area contributed by atoms with E-state index in [1.165, 1.54) is 12.2 Å². The Balaban J connectivity index is 0.864. The molecule has 0 bridgehead atoms. The molecule has 0 aliphatic carbocycles. The number of methoxy groups -OCH3 is 2. The molecule has 72 heavy (non-hydrogen) atoms. The first-order chi connectivity index (χ1) is 35.0. The molecule has 0 aromatic heterocycles. The number of benzene rings is 4. The summed E-state index contributed by atoms with van der Waals surface area (Å²) in [6.45, 7) is 3.92. The van der Waals surface area contributed by atoms with E-state index in [2.05, 4.69) is 10.5 Å². The van der Waals surface area contributed by atoms with Crippen LogP contribution in [0.5, 0.6) is 34.5 Å². The minimum absolute atomic E-state index is 0.0461. The van der Waals surface area contributed by atoms with E-state index in [1.54, 1.807) is 57.5 Å². The van der Waals surface area contributed by atoms with Crippen molar-refractivity contribution in [2.24, 2.45) is 15.1 Å². The first-order valence-corrected chi connectivity index (χ1v) is 24.3. The average molecular weight is 980 g/mol. The Morgan fingerprint density at radius 2 is 1.18 bits per heavy atom. The van der Waals surface area contributed by atoms with E-state index >= 15 is 0 Å². The number of amides is 5. The molecule has 5 amide bonds. The first-order valence-electron chi connectivity index (χ1n) is 24.3. The summed E-state index contributed by atoms with van der Waals surface area (Å²) in [5.41, 5.74) is 7.39. The summed E-state index contributed by atoms with van der Waals surface area (Å²) in [4.78, 5) is 77.5. The number of carbonyl (C=O) groups excluding carboxylic acids is 5. The average Bonchev–Trinajstić information content (AvgIpc) is 3.56. The lowest BCUT2D eigenvalue weighted by molar-refractivity contribution is -0.137. The number of carbonyl (C=O) groups is 5. The van der Waals surface area contributed by atoms with Gasteiger partial charge in [-0.15, -0.1) is 0 Å². The molecule has 2 atom stereocenters. The van der Waals surface area contributed by atoms with Gasteiger partial charge in [-0.2, -0.15) is 5.10 Å². The predicted molar refractivity (Wildman–Crippen MR) is 268 cm³/mol. The zero-order chi connectivity index (χ0) is 50.1. The van der Waals surface area contributed by atoms with E-state index in [4.69, 9.17) is 38.4 Å². The van der Waals surface area contributed by atoms with E-state index in [9.17, 15) is 24.0 Å². The van der Waals surface area contributed by atoms with Crippen LogP contribution in [0.25, 0.3) is 0 Å². The molecule has 4 aromatic rings. The highest BCUT2D eigenvalue weighted by atomic mass is 16.5. The van der Waals surface area contributed by atoms with Crippen molar-refractivity contribution in [2.75, 3.05) is 47.1 Å². The van der Waals surface area contributed by atoms with E-state index in [0.717, 1.165) is 60.1 Å². The molecule has 5 aliphatic rings. The highest BCUT2D eigenvalue weighted by Gasteiger charge is 2.33. The van der Waals surface area contributed by atoms with Crippen LogP contribution < -0.4 is 33.8 Å². The molecule has 2 saturated heterocycles. The summed E-state index contributed by atoms with van der Waals surface area (Å²) in [5.74, 6) is 1.59. The van der Waals surface area contributed by atoms with Gasteiger partial charge in [-0.3, -0.25) is 38.9 Å². The third-order valence-corrected chi connectivity index (χ3v) is 13.2. The van der Waals surface area contributed by atoms with E-state index in [-0.39, 0.29) is 81.0 Å². The normalized spacial score (nSPS) is 18.2. The Bertz CT molecular complexity index is 2720. The summed E-state index contributed by atoms with van der Waals surface area (Å²) in [6.07, 6.45) is 12.3. The maximum Gasteiger partial charge on any atom is 0.256 e. The van der Waals surface area contributed by atoms with Crippen molar-refractivity contribution >= 4 is 59.1 Å². The number of nitrogens with zero attached hydrogens (tertiary/aromatic N) is 6. The number of hydrogen-bond donors (Lipinski definition) is 1. The van der Waals surface area contributed by atoms with Gasteiger partial charge in [-0.1, -0.05) is 0 Å². The first kappa shape index (κ1) is 49.0. The van der Waals surface area contributed by atoms with Crippen molar-refractivity contribution in [2.45, 2.75) is 83.6 Å². The van der Waals surface area contributed by atoms with Crippen molar-refractivity contribution in [1.82, 2.24) is 20.1 Å². The van der Waals surface area contributed by atoms with Crippen molar-refractivity contribution in [3.05, 3.63) is 107 Å². The largest absolute Gasteiger partial charge is 0.493 e. The van der Waals surface area contributed by atoms with E-state index < -0.39 is 0 Å². The summed E-state index contributed by atoms with van der Waals surface area (Å²) < 4.78 is 36.6. The lowest BCUT2D eigenvalue weighted by Crippen LogP contribution is -2.43. The second kappa shape index (κ2) is 22.4. The van der Waals surface area contributed by atoms with Crippen molar-refractivity contribution in [3.63, 3.8) is 0 Å². The molecule has 9 rings (SSSR count). The van der Waals surface area contributed by atoms with Crippen LogP contribution in [0.15, 0.2) is 94.0 Å². The Labute approximate surface area is 417 Å². The van der Waals surface area contributed by atoms with E-state index in [1.807, 2.05) is 52.6 Å². The Morgan fingerprint density at radius 3 is 1.71 bits per heavy atom. The van der Waals surface area contributed by atoms with Crippen LogP contribution in [0.4, 0.5) is 11.4 Å². The standard InChI is InChI=1S/C54H57N7O11/c1-34(57-58-50(62)11-8-20-61-51(63)16-17-52(61)64)37-12-14-40(15-13-37)69-21-22-70-41-24-35(32-71-48-28-44-42(26-46(48)67-2)53(65)59-18-6-4-9-38(59)30-55-44)23-36(25-41)33-72-49-29-45-43(27-47(49)68-3)54(66)60-19-7-5-10-39(60)31-56-45/h12-17,23-31,38-39H,4-11,18-22,32-33H2,1-3H3,(H,58,62)/t38-,39-/m0/s1. The van der Waals surface area contributed by atoms with Crippen molar-refractivity contribution in [1.29, 1.82) is 0 Å². The molecule has 1 N–H and O–H groups in total. The van der Waals surface area contributed by atoms with Crippen LogP contribution in [0.3, 0.4) is 0 Å². The summed E-state index contributed by atoms with van der Waals surface area (Å²) in [7, 11) is 3.08. The van der Waals surface area contributed by atoms with Crippen LogP contribution in [0.1, 0.15) is 95.7 Å². The van der Waals surface area contributed by atoms with Crippen molar-refractivity contribution in [3.8, 4) is 34.5 Å². The van der Waals surface area contributed by atoms with Gasteiger partial charge in [-0.05, 0) is 123 Å². The molecule has 18 heteroatoms. The van der Waals surface area contributed by atoms with Crippen LogP contribution in [0.2, 0.25) is 0 Å². The zero-order valence-corrected chi connectivity index (χ0v) is 40.6. The molecule has 4 aromatic carbocycles. The van der Waals surface area contributed by atoms with Gasteiger partial charge in [0.2, 0.25) is 5.91 Å². The molecule has 2 fully saturated rings. The minimum atomic E-state index is -0.378. The zero-order valence-electron chi connectivity index (χ0n) is 40.6. The SMILES string of the molecule is COc1cc2c(cc1OCc1cc(COc3cc4c(cc3OC)C(=O)N3CCCC[C@H]3C=N4)cc(OCCOc3ccc(C(C)=NNC(=O)CCCN4C(=O)C=CC4=O)cc3)c1)N=C[C@@H]1CCCCN1C2=O. The second-order valence-electron chi connectivity index (χ2n) is 18.0. The number of rotatable bonds is 19. The van der Waals surface area contributed by atoms with Crippen molar-refractivity contribution < 1.29 is 52.4 Å². The number of aliphatic imine (C=N–C) groups is 2. The number of nitrogens with one attached hydrogen (secondary N) is 1. The highest BCUT2D eigenvalue weighted by molar-refractivity contribution is 6.13. The number of hydrazone groups is 1. The summed E-state index contributed by atoms with van der Waals surface area (Å²) in [6, 6.07) is 19.8. The Morgan fingerprint density at radius 1 is 0.653 bits per heavy atom. The number of ether oxygens (including phenoxy) is 6. The molecule has 5 heterocycles. The number of piperidine rings is 2. The minimum Gasteiger partial charge on any atom is -0.493 e. The smallest absolute Gasteiger partial charge is 0.256 e. The molecular weight excluding hydrogens is 923 g/mol. The van der Waals surface area contributed by atoms with Gasteiger partial charge in [0, 0.05) is 62.8 Å². The molecule has 0 radical (unpaired) electrons. The fourth-order valence-corrected chi connectivity index (χ4v) is 9.30. The third-order valence-electron chi connectivity index (χ3n) is 13.2. The van der Waals surface area contributed by atoms with Crippen LogP contribution in [0, 0.1) is 0 Å². The van der Waals surface area contributed by atoms with Gasteiger partial charge in [0.15, 0.2) is 23.0 Å². The molecule has 0 spiro atoms. The molecule has 5 aliphatic heterocycles. The number of hydrogen-bond acceptors (Lipinski definition) is 14. The number of imide groups is 1. The highest BCUT2D eigenvalue weighted by Crippen LogP contribution is 2.40. The lowest BCUT2D eigenvalue weighted by Gasteiger charge is -2.32. The fourth-order valence-electron chi connectivity index (χ4n) is 9.30. The number of fused-ring (bicyclic) bond motifs is 4. The lowest BCUT2D eigenvalue weighted by atomic mass is 10.0. The van der Waals surface area contributed by atoms with Gasteiger partial charge in [0.25, 0.3) is 23.6 Å². The fraction of sp³-hybridized carbons (Fsp3) is 0.370. The quantitative estimate of drug-likeness (QED) is 0.0429. The predicted octanol–water partition coefficient (Wildman–Crippen LogP) is 7.29. The molecule has 0 saturated carbocycles. The molecule has 374 valence electrons. The van der Waals surface area contributed by atoms with Gasteiger partial charge >= 0.3 is 0 Å². The topological polar surface area (TPSA) is 200 Å². The van der Waals surface area contributed by atoms with Gasteiger partial charge < -0.3 is 38.2 Å². The van der Waals surface area contributed by atoms with Gasteiger partial charge in [0.1, 0.15) is 37.9 Å². The van der Waals surface area contributed by atoms with Gasteiger partial charge in [0.05, 0.1) is 54.5 Å². The van der Waals surface area contributed by atoms with Crippen LogP contribution in [-0.4, -0.2) is 122 Å².